The highest BCUT2D eigenvalue weighted by Gasteiger charge is 2.26. The van der Waals surface area contributed by atoms with Gasteiger partial charge in [0.2, 0.25) is 0 Å². The Kier molecular flexibility index (Phi) is 2.45. The van der Waals surface area contributed by atoms with E-state index in [1.807, 2.05) is 12.1 Å². The first-order valence-corrected chi connectivity index (χ1v) is 7.32. The van der Waals surface area contributed by atoms with Gasteiger partial charge < -0.3 is 0 Å². The van der Waals surface area contributed by atoms with Crippen LogP contribution in [0.15, 0.2) is 70.5 Å². The van der Waals surface area contributed by atoms with E-state index in [-0.39, 0.29) is 0 Å². The molecule has 0 amide bonds. The first kappa shape index (κ1) is 11.0. The lowest BCUT2D eigenvalue weighted by Crippen LogP contribution is -2.30. The lowest BCUT2D eigenvalue weighted by atomic mass is 10.4. The van der Waals surface area contributed by atoms with Crippen LogP contribution in [0.4, 0.5) is 0 Å². The predicted molar refractivity (Wildman–Crippen MR) is 66.1 cm³/mol. The molecule has 0 atom stereocenters. The van der Waals surface area contributed by atoms with Crippen LogP contribution in [-0.4, -0.2) is 15.0 Å². The Morgan fingerprint density at radius 1 is 0.812 bits per heavy atom. The van der Waals surface area contributed by atoms with Gasteiger partial charge in [-0.3, -0.25) is 4.55 Å². The molecule has 2 aromatic rings. The van der Waals surface area contributed by atoms with E-state index >= 15 is 0 Å². The summed E-state index contributed by atoms with van der Waals surface area (Å²) in [5.41, 5.74) is 0. The van der Waals surface area contributed by atoms with Gasteiger partial charge in [-0.2, -0.15) is 4.21 Å². The molecule has 84 valence electrons. The van der Waals surface area contributed by atoms with Gasteiger partial charge in [0.05, 0.1) is 9.79 Å². The van der Waals surface area contributed by atoms with E-state index in [0.717, 1.165) is 0 Å². The summed E-state index contributed by atoms with van der Waals surface area (Å²) in [5.74, 6) is 0. The van der Waals surface area contributed by atoms with Crippen molar-refractivity contribution in [3.05, 3.63) is 60.7 Å². The largest absolute Gasteiger partial charge is 0.295 e. The Morgan fingerprint density at radius 2 is 1.12 bits per heavy atom. The third-order valence-corrected chi connectivity index (χ3v) is 5.36. The third kappa shape index (κ3) is 1.79. The van der Waals surface area contributed by atoms with Crippen molar-refractivity contribution in [1.82, 2.24) is 0 Å². The molecule has 0 unspecified atom stereocenters. The van der Waals surface area contributed by atoms with Crippen molar-refractivity contribution >= 4 is 9.35 Å². The van der Waals surface area contributed by atoms with Crippen molar-refractivity contribution in [2.45, 2.75) is 9.79 Å². The van der Waals surface area contributed by atoms with Crippen LogP contribution in [0.1, 0.15) is 0 Å². The molecule has 0 aliphatic heterocycles. The van der Waals surface area contributed by atoms with E-state index in [9.17, 15) is 8.76 Å². The maximum atomic E-state index is 12.7. The maximum absolute atomic E-state index is 12.7. The topological polar surface area (TPSA) is 37.3 Å². The quantitative estimate of drug-likeness (QED) is 0.867. The molecule has 0 radical (unpaired) electrons. The minimum Gasteiger partial charge on any atom is -0.295 e. The van der Waals surface area contributed by atoms with Gasteiger partial charge >= 0.3 is 0 Å². The molecule has 0 saturated carbocycles. The van der Waals surface area contributed by atoms with Gasteiger partial charge in [0, 0.05) is 6.26 Å². The van der Waals surface area contributed by atoms with Crippen LogP contribution in [0, 0.1) is 0 Å². The Balaban J connectivity index is 2.65. The molecule has 0 saturated heterocycles. The normalized spacial score (nSPS) is 14.0. The van der Waals surface area contributed by atoms with Crippen LogP contribution in [-0.2, 0) is 9.35 Å². The summed E-state index contributed by atoms with van der Waals surface area (Å²) in [5, 5.41) is 0. The maximum Gasteiger partial charge on any atom is 0.0588 e. The van der Waals surface area contributed by atoms with Gasteiger partial charge in [0.1, 0.15) is 0 Å². The smallest absolute Gasteiger partial charge is 0.0588 e. The summed E-state index contributed by atoms with van der Waals surface area (Å²) in [7, 11) is -3.91. The molecule has 1 N–H and O–H groups in total. The van der Waals surface area contributed by atoms with Crippen LogP contribution in [0.2, 0.25) is 0 Å². The highest BCUT2D eigenvalue weighted by atomic mass is 32.3. The van der Waals surface area contributed by atoms with E-state index in [0.29, 0.717) is 9.79 Å². The molecule has 0 fully saturated rings. The second kappa shape index (κ2) is 3.54. The van der Waals surface area contributed by atoms with Crippen molar-refractivity contribution in [2.24, 2.45) is 0 Å². The first-order valence-electron chi connectivity index (χ1n) is 4.99. The Morgan fingerprint density at radius 3 is 1.44 bits per heavy atom. The predicted octanol–water partition coefficient (Wildman–Crippen LogP) is 3.03. The summed E-state index contributed by atoms with van der Waals surface area (Å²) >= 11 is 0. The molecule has 0 spiro atoms. The van der Waals surface area contributed by atoms with Crippen molar-refractivity contribution in [1.29, 1.82) is 0 Å². The summed E-state index contributed by atoms with van der Waals surface area (Å²) in [4.78, 5) is 0.899. The molecule has 0 bridgehead atoms. The molecule has 0 aliphatic rings. The molecule has 0 aromatic heterocycles. The number of rotatable bonds is 2. The number of hydrogen-bond donors (Lipinski definition) is 1. The molecular formula is C13H14O2S. The zero-order valence-corrected chi connectivity index (χ0v) is 9.85. The average Bonchev–Trinajstić information content (AvgIpc) is 2.31. The van der Waals surface area contributed by atoms with Crippen molar-refractivity contribution in [3.8, 4) is 0 Å². The van der Waals surface area contributed by atoms with Crippen LogP contribution >= 0.6 is 0 Å². The second-order valence-electron chi connectivity index (χ2n) is 3.91. The van der Waals surface area contributed by atoms with Crippen LogP contribution in [0.3, 0.4) is 0 Å². The Labute approximate surface area is 95.2 Å². The third-order valence-electron chi connectivity index (χ3n) is 2.60. The van der Waals surface area contributed by atoms with Crippen molar-refractivity contribution in [3.63, 3.8) is 0 Å². The molecule has 0 aliphatic carbocycles. The first-order chi connectivity index (χ1) is 7.49. The Bertz CT molecular complexity index is 495. The molecule has 16 heavy (non-hydrogen) atoms. The van der Waals surface area contributed by atoms with E-state index in [1.54, 1.807) is 48.5 Å². The highest BCUT2D eigenvalue weighted by Crippen LogP contribution is 2.37. The molecule has 2 nitrogen and oxygen atoms in total. The molecular weight excluding hydrogens is 220 g/mol. The van der Waals surface area contributed by atoms with Gasteiger partial charge in [-0.1, -0.05) is 36.4 Å². The lowest BCUT2D eigenvalue weighted by Gasteiger charge is -2.39. The van der Waals surface area contributed by atoms with E-state index < -0.39 is 9.35 Å². The standard InChI is InChI=1S/C13H14O2S/c1-16(14,15,12-8-4-2-5-9-12)13-10-6-3-7-11-13/h2-11H,1H3,(H,14,15). The average molecular weight is 234 g/mol. The zero-order valence-electron chi connectivity index (χ0n) is 9.04. The van der Waals surface area contributed by atoms with E-state index in [1.165, 1.54) is 6.26 Å². The van der Waals surface area contributed by atoms with Gasteiger partial charge in [0.15, 0.2) is 0 Å². The zero-order chi connectivity index (χ0) is 11.7. The highest BCUT2D eigenvalue weighted by molar-refractivity contribution is 8.14. The molecule has 2 rings (SSSR count). The summed E-state index contributed by atoms with van der Waals surface area (Å²) in [6.07, 6.45) is 1.39. The second-order valence-corrected chi connectivity index (χ2v) is 7.42. The Hall–Kier alpha value is -1.45. The van der Waals surface area contributed by atoms with Gasteiger partial charge in [0.25, 0.3) is 0 Å². The monoisotopic (exact) mass is 234 g/mol. The van der Waals surface area contributed by atoms with Crippen LogP contribution in [0.5, 0.6) is 0 Å². The fourth-order valence-electron chi connectivity index (χ4n) is 1.62. The molecule has 2 aromatic carbocycles. The minimum atomic E-state index is -3.91. The van der Waals surface area contributed by atoms with E-state index in [2.05, 4.69) is 0 Å². The number of benzene rings is 2. The van der Waals surface area contributed by atoms with Gasteiger partial charge in [-0.15, -0.1) is 9.35 Å². The van der Waals surface area contributed by atoms with Crippen molar-refractivity contribution < 1.29 is 8.76 Å². The number of hydrogen-bond acceptors (Lipinski definition) is 1. The molecule has 0 heterocycles. The SMILES string of the molecule is CS(=O)(O)(c1ccccc1)c1ccccc1. The molecule has 3 heteroatoms. The van der Waals surface area contributed by atoms with Gasteiger partial charge in [-0.25, -0.2) is 0 Å². The fourth-order valence-corrected chi connectivity index (χ4v) is 3.49. The summed E-state index contributed by atoms with van der Waals surface area (Å²) < 4.78 is 23.2. The minimum absolute atomic E-state index is 0.450. The summed E-state index contributed by atoms with van der Waals surface area (Å²) in [6, 6.07) is 17.5. The van der Waals surface area contributed by atoms with Crippen LogP contribution in [0.25, 0.3) is 0 Å². The summed E-state index contributed by atoms with van der Waals surface area (Å²) in [6.45, 7) is 0. The van der Waals surface area contributed by atoms with E-state index in [4.69, 9.17) is 0 Å². The fraction of sp³-hybridized carbons (Fsp3) is 0.0769. The van der Waals surface area contributed by atoms with Crippen LogP contribution < -0.4 is 0 Å². The lowest BCUT2D eigenvalue weighted by molar-refractivity contribution is 0.518. The van der Waals surface area contributed by atoms with Gasteiger partial charge in [-0.05, 0) is 24.3 Å². The van der Waals surface area contributed by atoms with Crippen molar-refractivity contribution in [2.75, 3.05) is 6.26 Å².